The molecule has 3 aromatic rings. The van der Waals surface area contributed by atoms with Crippen LogP contribution in [-0.2, 0) is 6.54 Å². The molecule has 0 aliphatic heterocycles. The number of hydrogen-bond acceptors (Lipinski definition) is 4. The molecule has 0 unspecified atom stereocenters. The van der Waals surface area contributed by atoms with Gasteiger partial charge in [-0.25, -0.2) is 15.0 Å². The standard InChI is InChI=1S/C13H12N4S/c1-18-11-7-14-12-13(16-11)17(9-15-12)8-10-5-3-2-4-6-10/h2-7,9H,8H2,1H3. The molecular formula is C13H12N4S. The monoisotopic (exact) mass is 256 g/mol. The zero-order valence-corrected chi connectivity index (χ0v) is 10.8. The second-order valence-electron chi connectivity index (χ2n) is 3.92. The summed E-state index contributed by atoms with van der Waals surface area (Å²) < 4.78 is 2.03. The Morgan fingerprint density at radius 2 is 2.00 bits per heavy atom. The van der Waals surface area contributed by atoms with Crippen LogP contribution in [0.25, 0.3) is 11.3 Å². The van der Waals surface area contributed by atoms with E-state index < -0.39 is 0 Å². The van der Waals surface area contributed by atoms with E-state index in [9.17, 15) is 0 Å². The lowest BCUT2D eigenvalue weighted by atomic mass is 10.2. The van der Waals surface area contributed by atoms with Crippen LogP contribution in [0.1, 0.15) is 5.56 Å². The van der Waals surface area contributed by atoms with Crippen molar-refractivity contribution in [3.63, 3.8) is 0 Å². The molecule has 0 spiro atoms. The fourth-order valence-corrected chi connectivity index (χ4v) is 2.15. The van der Waals surface area contributed by atoms with Crippen LogP contribution in [0.3, 0.4) is 0 Å². The number of rotatable bonds is 3. The third-order valence-electron chi connectivity index (χ3n) is 2.71. The molecule has 0 aliphatic rings. The first-order chi connectivity index (χ1) is 8.86. The van der Waals surface area contributed by atoms with Crippen LogP contribution in [0.4, 0.5) is 0 Å². The fraction of sp³-hybridized carbons (Fsp3) is 0.154. The fourth-order valence-electron chi connectivity index (χ4n) is 1.81. The lowest BCUT2D eigenvalue weighted by Crippen LogP contribution is -1.99. The Hall–Kier alpha value is -1.88. The average Bonchev–Trinajstić information content (AvgIpc) is 2.82. The van der Waals surface area contributed by atoms with Crippen molar-refractivity contribution in [2.24, 2.45) is 0 Å². The lowest BCUT2D eigenvalue weighted by Gasteiger charge is -2.03. The van der Waals surface area contributed by atoms with E-state index in [1.54, 1.807) is 24.3 Å². The summed E-state index contributed by atoms with van der Waals surface area (Å²) in [6, 6.07) is 10.3. The van der Waals surface area contributed by atoms with E-state index in [-0.39, 0.29) is 0 Å². The highest BCUT2D eigenvalue weighted by molar-refractivity contribution is 7.98. The van der Waals surface area contributed by atoms with Crippen LogP contribution >= 0.6 is 11.8 Å². The van der Waals surface area contributed by atoms with E-state index >= 15 is 0 Å². The molecular weight excluding hydrogens is 244 g/mol. The van der Waals surface area contributed by atoms with Gasteiger partial charge in [0.2, 0.25) is 0 Å². The Morgan fingerprint density at radius 1 is 1.17 bits per heavy atom. The largest absolute Gasteiger partial charge is 0.309 e. The highest BCUT2D eigenvalue weighted by Gasteiger charge is 2.06. The zero-order valence-electron chi connectivity index (χ0n) is 9.95. The minimum absolute atomic E-state index is 0.698. The number of aromatic nitrogens is 4. The molecule has 0 bridgehead atoms. The summed E-state index contributed by atoms with van der Waals surface area (Å²) in [6.07, 6.45) is 5.54. The van der Waals surface area contributed by atoms with Gasteiger partial charge in [0.25, 0.3) is 0 Å². The summed E-state index contributed by atoms with van der Waals surface area (Å²) in [5, 5.41) is 0.914. The van der Waals surface area contributed by atoms with Crippen LogP contribution in [0.15, 0.2) is 47.9 Å². The van der Waals surface area contributed by atoms with E-state index in [2.05, 4.69) is 27.1 Å². The number of hydrogen-bond donors (Lipinski definition) is 0. The molecule has 2 aromatic heterocycles. The van der Waals surface area contributed by atoms with Crippen LogP contribution < -0.4 is 0 Å². The molecule has 4 nitrogen and oxygen atoms in total. The number of benzene rings is 1. The molecule has 18 heavy (non-hydrogen) atoms. The van der Waals surface area contributed by atoms with Crippen molar-refractivity contribution >= 4 is 23.1 Å². The molecule has 0 atom stereocenters. The summed E-state index contributed by atoms with van der Waals surface area (Å²) in [4.78, 5) is 13.1. The van der Waals surface area contributed by atoms with Gasteiger partial charge in [-0.1, -0.05) is 30.3 Å². The lowest BCUT2D eigenvalue weighted by molar-refractivity contribution is 0.809. The maximum absolute atomic E-state index is 4.55. The third kappa shape index (κ3) is 2.09. The molecule has 3 rings (SSSR count). The van der Waals surface area contributed by atoms with Gasteiger partial charge >= 0.3 is 0 Å². The number of thioether (sulfide) groups is 1. The SMILES string of the molecule is CSc1cnc2ncn(Cc3ccccc3)c2n1. The van der Waals surface area contributed by atoms with Gasteiger partial charge in [0, 0.05) is 0 Å². The first-order valence-corrected chi connectivity index (χ1v) is 6.85. The Morgan fingerprint density at radius 3 is 2.78 bits per heavy atom. The van der Waals surface area contributed by atoms with Crippen molar-refractivity contribution in [3.05, 3.63) is 48.4 Å². The zero-order chi connectivity index (χ0) is 12.4. The van der Waals surface area contributed by atoms with Gasteiger partial charge in [0.1, 0.15) is 5.03 Å². The minimum atomic E-state index is 0.698. The van der Waals surface area contributed by atoms with Gasteiger partial charge in [-0.05, 0) is 11.8 Å². The van der Waals surface area contributed by atoms with Gasteiger partial charge in [0.15, 0.2) is 11.3 Å². The van der Waals surface area contributed by atoms with E-state index in [1.165, 1.54) is 5.56 Å². The average molecular weight is 256 g/mol. The van der Waals surface area contributed by atoms with Crippen molar-refractivity contribution in [3.8, 4) is 0 Å². The molecule has 0 aliphatic carbocycles. The predicted octanol–water partition coefficient (Wildman–Crippen LogP) is 2.60. The molecule has 5 heteroatoms. The van der Waals surface area contributed by atoms with E-state index in [0.717, 1.165) is 17.2 Å². The number of fused-ring (bicyclic) bond motifs is 1. The summed E-state index contributed by atoms with van der Waals surface area (Å²) in [6.45, 7) is 0.768. The molecule has 0 radical (unpaired) electrons. The Bertz CT molecular complexity index is 663. The summed E-state index contributed by atoms with van der Waals surface area (Å²) >= 11 is 1.59. The Labute approximate surface area is 109 Å². The van der Waals surface area contributed by atoms with E-state index in [1.807, 2.05) is 29.0 Å². The van der Waals surface area contributed by atoms with Crippen LogP contribution in [0, 0.1) is 0 Å². The molecule has 0 N–H and O–H groups in total. The highest BCUT2D eigenvalue weighted by Crippen LogP contribution is 2.15. The summed E-state index contributed by atoms with van der Waals surface area (Å²) in [5.74, 6) is 0. The maximum atomic E-state index is 4.55. The molecule has 0 saturated carbocycles. The van der Waals surface area contributed by atoms with E-state index in [0.29, 0.717) is 5.65 Å². The van der Waals surface area contributed by atoms with Gasteiger partial charge in [0.05, 0.1) is 19.1 Å². The number of imidazole rings is 1. The molecule has 0 saturated heterocycles. The Kier molecular flexibility index (Phi) is 2.98. The number of nitrogens with zero attached hydrogens (tertiary/aromatic N) is 4. The van der Waals surface area contributed by atoms with Crippen molar-refractivity contribution in [1.82, 2.24) is 19.5 Å². The Balaban J connectivity index is 2.01. The van der Waals surface area contributed by atoms with Crippen molar-refractivity contribution < 1.29 is 0 Å². The van der Waals surface area contributed by atoms with Gasteiger partial charge < -0.3 is 4.57 Å². The molecule has 1 aromatic carbocycles. The second-order valence-corrected chi connectivity index (χ2v) is 4.74. The van der Waals surface area contributed by atoms with Gasteiger partial charge in [-0.2, -0.15) is 0 Å². The van der Waals surface area contributed by atoms with Crippen molar-refractivity contribution in [2.75, 3.05) is 6.26 Å². The molecule has 0 amide bonds. The summed E-state index contributed by atoms with van der Waals surface area (Å²) in [7, 11) is 0. The smallest absolute Gasteiger partial charge is 0.197 e. The van der Waals surface area contributed by atoms with Crippen LogP contribution in [-0.4, -0.2) is 25.8 Å². The molecule has 0 fully saturated rings. The van der Waals surface area contributed by atoms with Crippen LogP contribution in [0.2, 0.25) is 0 Å². The second kappa shape index (κ2) is 4.78. The topological polar surface area (TPSA) is 43.6 Å². The first kappa shape index (κ1) is 11.2. The molecule has 90 valence electrons. The first-order valence-electron chi connectivity index (χ1n) is 5.62. The van der Waals surface area contributed by atoms with Crippen LogP contribution in [0.5, 0.6) is 0 Å². The van der Waals surface area contributed by atoms with Gasteiger partial charge in [-0.15, -0.1) is 11.8 Å². The van der Waals surface area contributed by atoms with Gasteiger partial charge in [-0.3, -0.25) is 0 Å². The molecule has 2 heterocycles. The maximum Gasteiger partial charge on any atom is 0.197 e. The quantitative estimate of drug-likeness (QED) is 0.676. The van der Waals surface area contributed by atoms with E-state index in [4.69, 9.17) is 0 Å². The predicted molar refractivity (Wildman–Crippen MR) is 72.6 cm³/mol. The van der Waals surface area contributed by atoms with Crippen molar-refractivity contribution in [2.45, 2.75) is 11.6 Å². The minimum Gasteiger partial charge on any atom is -0.309 e. The third-order valence-corrected chi connectivity index (χ3v) is 3.32. The summed E-state index contributed by atoms with van der Waals surface area (Å²) in [5.41, 5.74) is 2.77. The van der Waals surface area contributed by atoms with Crippen molar-refractivity contribution in [1.29, 1.82) is 0 Å². The normalized spacial score (nSPS) is 10.9. The highest BCUT2D eigenvalue weighted by atomic mass is 32.2.